The van der Waals surface area contributed by atoms with Gasteiger partial charge in [-0.25, -0.2) is 4.79 Å². The van der Waals surface area contributed by atoms with E-state index in [1.165, 1.54) is 20.0 Å². The average Bonchev–Trinajstić information content (AvgIpc) is 3.12. The number of hydrogen-bond acceptors (Lipinski definition) is 3. The Morgan fingerprint density at radius 3 is 2.47 bits per heavy atom. The lowest BCUT2D eigenvalue weighted by Crippen LogP contribution is -2.11. The summed E-state index contributed by atoms with van der Waals surface area (Å²) in [4.78, 5) is 11.2. The maximum atomic E-state index is 11.2. The smallest absolute Gasteiger partial charge is 0.337 e. The summed E-state index contributed by atoms with van der Waals surface area (Å²) in [5.74, 6) is 0.512. The molecule has 1 aromatic rings. The van der Waals surface area contributed by atoms with E-state index in [0.29, 0.717) is 5.56 Å². The average molecular weight is 256 g/mol. The van der Waals surface area contributed by atoms with Crippen LogP contribution in [0.25, 0.3) is 0 Å². The Kier molecular flexibility index (Phi) is 4.97. The zero-order valence-corrected chi connectivity index (χ0v) is 10.7. The zero-order valence-electron chi connectivity index (χ0n) is 9.89. The SMILES string of the molecule is COC(=O)c1ccc([C@@H](N)CC2CC2)cc1.Cl. The fourth-order valence-electron chi connectivity index (χ4n) is 1.83. The minimum absolute atomic E-state index is 0. The maximum Gasteiger partial charge on any atom is 0.337 e. The standard InChI is InChI=1S/C13H17NO2.ClH/c1-16-13(15)11-6-4-10(5-7-11)12(14)8-9-2-3-9;/h4-7,9,12H,2-3,8,14H2,1H3;1H/t12-;/m0./s1. The molecule has 0 unspecified atom stereocenters. The van der Waals surface area contributed by atoms with Gasteiger partial charge in [0.05, 0.1) is 12.7 Å². The molecule has 94 valence electrons. The van der Waals surface area contributed by atoms with Crippen LogP contribution in [0.15, 0.2) is 24.3 Å². The second kappa shape index (κ2) is 6.03. The van der Waals surface area contributed by atoms with E-state index in [1.807, 2.05) is 12.1 Å². The van der Waals surface area contributed by atoms with Gasteiger partial charge in [0.2, 0.25) is 0 Å². The zero-order chi connectivity index (χ0) is 11.5. The summed E-state index contributed by atoms with van der Waals surface area (Å²) >= 11 is 0. The second-order valence-corrected chi connectivity index (χ2v) is 4.40. The maximum absolute atomic E-state index is 11.2. The quantitative estimate of drug-likeness (QED) is 0.842. The number of esters is 1. The van der Waals surface area contributed by atoms with Gasteiger partial charge in [0, 0.05) is 6.04 Å². The van der Waals surface area contributed by atoms with Gasteiger partial charge in [-0.3, -0.25) is 0 Å². The van der Waals surface area contributed by atoms with E-state index < -0.39 is 0 Å². The highest BCUT2D eigenvalue weighted by molar-refractivity contribution is 5.89. The minimum Gasteiger partial charge on any atom is -0.465 e. The first kappa shape index (κ1) is 14.0. The lowest BCUT2D eigenvalue weighted by atomic mass is 10.0. The van der Waals surface area contributed by atoms with Crippen LogP contribution < -0.4 is 5.73 Å². The number of rotatable bonds is 4. The van der Waals surface area contributed by atoms with E-state index in [4.69, 9.17) is 5.73 Å². The predicted octanol–water partition coefficient (Wildman–Crippen LogP) is 2.69. The van der Waals surface area contributed by atoms with Crippen molar-refractivity contribution >= 4 is 18.4 Å². The van der Waals surface area contributed by atoms with E-state index in [0.717, 1.165) is 17.9 Å². The van der Waals surface area contributed by atoms with Gasteiger partial charge >= 0.3 is 5.97 Å². The topological polar surface area (TPSA) is 52.3 Å². The van der Waals surface area contributed by atoms with Crippen LogP contribution in [0.5, 0.6) is 0 Å². The van der Waals surface area contributed by atoms with Crippen LogP contribution in [0.4, 0.5) is 0 Å². The summed E-state index contributed by atoms with van der Waals surface area (Å²) < 4.78 is 4.64. The number of carbonyl (C=O) groups excluding carboxylic acids is 1. The molecule has 0 bridgehead atoms. The molecule has 0 aromatic heterocycles. The van der Waals surface area contributed by atoms with Crippen LogP contribution in [-0.4, -0.2) is 13.1 Å². The van der Waals surface area contributed by atoms with Crippen molar-refractivity contribution < 1.29 is 9.53 Å². The molecule has 3 nitrogen and oxygen atoms in total. The van der Waals surface area contributed by atoms with Crippen molar-refractivity contribution in [1.29, 1.82) is 0 Å². The molecule has 1 atom stereocenters. The van der Waals surface area contributed by atoms with Gasteiger partial charge in [-0.05, 0) is 30.0 Å². The largest absolute Gasteiger partial charge is 0.465 e. The van der Waals surface area contributed by atoms with Crippen LogP contribution >= 0.6 is 12.4 Å². The number of carbonyl (C=O) groups is 1. The molecule has 2 N–H and O–H groups in total. The van der Waals surface area contributed by atoms with Crippen molar-refractivity contribution in [3.63, 3.8) is 0 Å². The van der Waals surface area contributed by atoms with Crippen molar-refractivity contribution in [3.8, 4) is 0 Å². The number of benzene rings is 1. The van der Waals surface area contributed by atoms with Crippen molar-refractivity contribution in [2.24, 2.45) is 11.7 Å². The molecule has 1 aromatic carbocycles. The summed E-state index contributed by atoms with van der Waals surface area (Å²) in [6, 6.07) is 7.47. The third kappa shape index (κ3) is 3.72. The number of ether oxygens (including phenoxy) is 1. The van der Waals surface area contributed by atoms with Crippen molar-refractivity contribution in [2.75, 3.05) is 7.11 Å². The lowest BCUT2D eigenvalue weighted by Gasteiger charge is -2.11. The molecule has 0 saturated heterocycles. The Labute approximate surface area is 108 Å². The molecular formula is C13H18ClNO2. The Balaban J connectivity index is 0.00000144. The van der Waals surface area contributed by atoms with Gasteiger partial charge < -0.3 is 10.5 Å². The highest BCUT2D eigenvalue weighted by Crippen LogP contribution is 2.36. The summed E-state index contributed by atoms with van der Waals surface area (Å²) in [6.45, 7) is 0. The number of nitrogens with two attached hydrogens (primary N) is 1. The van der Waals surface area contributed by atoms with Gasteiger partial charge in [0.15, 0.2) is 0 Å². The lowest BCUT2D eigenvalue weighted by molar-refractivity contribution is 0.0600. The van der Waals surface area contributed by atoms with Crippen molar-refractivity contribution in [2.45, 2.75) is 25.3 Å². The molecule has 1 saturated carbocycles. The fourth-order valence-corrected chi connectivity index (χ4v) is 1.83. The molecule has 0 aliphatic heterocycles. The van der Waals surface area contributed by atoms with E-state index in [1.54, 1.807) is 12.1 Å². The van der Waals surface area contributed by atoms with Crippen molar-refractivity contribution in [3.05, 3.63) is 35.4 Å². The van der Waals surface area contributed by atoms with Gasteiger partial charge in [-0.1, -0.05) is 25.0 Å². The van der Waals surface area contributed by atoms with Crippen molar-refractivity contribution in [1.82, 2.24) is 0 Å². The van der Waals surface area contributed by atoms with E-state index >= 15 is 0 Å². The van der Waals surface area contributed by atoms with Gasteiger partial charge in [0.25, 0.3) is 0 Å². The Bertz CT molecular complexity index is 374. The molecule has 0 heterocycles. The molecule has 1 aliphatic carbocycles. The summed E-state index contributed by atoms with van der Waals surface area (Å²) in [5.41, 5.74) is 7.75. The van der Waals surface area contributed by atoms with E-state index in [9.17, 15) is 4.79 Å². The van der Waals surface area contributed by atoms with Gasteiger partial charge in [-0.15, -0.1) is 12.4 Å². The molecule has 0 spiro atoms. The number of methoxy groups -OCH3 is 1. The summed E-state index contributed by atoms with van der Waals surface area (Å²) in [5, 5.41) is 0. The first-order valence-electron chi connectivity index (χ1n) is 5.64. The summed E-state index contributed by atoms with van der Waals surface area (Å²) in [6.07, 6.45) is 3.68. The van der Waals surface area contributed by atoms with Gasteiger partial charge in [-0.2, -0.15) is 0 Å². The fraction of sp³-hybridized carbons (Fsp3) is 0.462. The monoisotopic (exact) mass is 255 g/mol. The van der Waals surface area contributed by atoms with Crippen LogP contribution in [0.1, 0.15) is 41.2 Å². The van der Waals surface area contributed by atoms with E-state index in [-0.39, 0.29) is 24.4 Å². The first-order valence-corrected chi connectivity index (χ1v) is 5.64. The molecule has 1 fully saturated rings. The third-order valence-corrected chi connectivity index (χ3v) is 3.04. The summed E-state index contributed by atoms with van der Waals surface area (Å²) in [7, 11) is 1.38. The molecule has 2 rings (SSSR count). The minimum atomic E-state index is -0.303. The molecular weight excluding hydrogens is 238 g/mol. The van der Waals surface area contributed by atoms with E-state index in [2.05, 4.69) is 4.74 Å². The highest BCUT2D eigenvalue weighted by atomic mass is 35.5. The Hall–Kier alpha value is -1.06. The van der Waals surface area contributed by atoms with Crippen LogP contribution in [0, 0.1) is 5.92 Å². The second-order valence-electron chi connectivity index (χ2n) is 4.40. The molecule has 1 aliphatic rings. The molecule has 17 heavy (non-hydrogen) atoms. The Morgan fingerprint density at radius 2 is 2.00 bits per heavy atom. The van der Waals surface area contributed by atoms with Crippen LogP contribution in [-0.2, 0) is 4.74 Å². The number of halogens is 1. The normalized spacial score (nSPS) is 15.9. The predicted molar refractivity (Wildman–Crippen MR) is 69.3 cm³/mol. The number of hydrogen-bond donors (Lipinski definition) is 1. The first-order chi connectivity index (χ1) is 7.70. The van der Waals surface area contributed by atoms with Gasteiger partial charge in [0.1, 0.15) is 0 Å². The molecule has 4 heteroatoms. The molecule has 0 amide bonds. The van der Waals surface area contributed by atoms with Crippen LogP contribution in [0.2, 0.25) is 0 Å². The third-order valence-electron chi connectivity index (χ3n) is 3.04. The Morgan fingerprint density at radius 1 is 1.41 bits per heavy atom. The molecule has 0 radical (unpaired) electrons. The highest BCUT2D eigenvalue weighted by Gasteiger charge is 2.24. The van der Waals surface area contributed by atoms with Crippen LogP contribution in [0.3, 0.4) is 0 Å².